The highest BCUT2D eigenvalue weighted by Crippen LogP contribution is 2.29. The van der Waals surface area contributed by atoms with Crippen molar-refractivity contribution in [2.75, 3.05) is 26.1 Å². The van der Waals surface area contributed by atoms with Crippen LogP contribution >= 0.6 is 0 Å². The summed E-state index contributed by atoms with van der Waals surface area (Å²) < 4.78 is 23.1. The lowest BCUT2D eigenvalue weighted by Gasteiger charge is -2.10. The second-order valence-corrected chi connectivity index (χ2v) is 4.69. The molecule has 0 unspecified atom stereocenters. The van der Waals surface area contributed by atoms with Crippen LogP contribution in [-0.4, -0.2) is 26.8 Å². The predicted octanol–water partition coefficient (Wildman–Crippen LogP) is 3.02. The van der Waals surface area contributed by atoms with Gasteiger partial charge in [-0.05, 0) is 36.4 Å². The Morgan fingerprint density at radius 2 is 1.79 bits per heavy atom. The van der Waals surface area contributed by atoms with E-state index in [4.69, 9.17) is 9.47 Å². The molecule has 2 aromatic carbocycles. The molecule has 0 spiro atoms. The molecule has 124 valence electrons. The van der Waals surface area contributed by atoms with Gasteiger partial charge in [0.1, 0.15) is 5.82 Å². The van der Waals surface area contributed by atoms with Crippen molar-refractivity contribution in [3.63, 3.8) is 0 Å². The van der Waals surface area contributed by atoms with Gasteiger partial charge in [-0.1, -0.05) is 11.8 Å². The molecule has 2 aromatic rings. The lowest BCUT2D eigenvalue weighted by atomic mass is 10.2. The first-order chi connectivity index (χ1) is 11.6. The standard InChI is InChI=1S/C18H17FN2O3/c1-23-16-10-9-15(12-17(16)24-2)21-18(22)20-11-3-4-13-5-7-14(19)8-6-13/h5-10,12H,11H2,1-2H3,(H2,20,21,22). The summed E-state index contributed by atoms with van der Waals surface area (Å²) in [6.07, 6.45) is 0. The summed E-state index contributed by atoms with van der Waals surface area (Å²) in [5.41, 5.74) is 1.25. The van der Waals surface area contributed by atoms with Gasteiger partial charge in [0.15, 0.2) is 11.5 Å². The number of methoxy groups -OCH3 is 2. The van der Waals surface area contributed by atoms with Crippen LogP contribution in [0.15, 0.2) is 42.5 Å². The van der Waals surface area contributed by atoms with Gasteiger partial charge in [-0.15, -0.1) is 0 Å². The van der Waals surface area contributed by atoms with E-state index in [2.05, 4.69) is 22.5 Å². The van der Waals surface area contributed by atoms with Crippen LogP contribution in [0.4, 0.5) is 14.9 Å². The zero-order valence-electron chi connectivity index (χ0n) is 13.4. The molecule has 0 radical (unpaired) electrons. The van der Waals surface area contributed by atoms with E-state index in [-0.39, 0.29) is 12.4 Å². The summed E-state index contributed by atoms with van der Waals surface area (Å²) in [6.45, 7) is 0.163. The van der Waals surface area contributed by atoms with Crippen LogP contribution in [0.3, 0.4) is 0 Å². The van der Waals surface area contributed by atoms with E-state index >= 15 is 0 Å². The number of ether oxygens (including phenoxy) is 2. The average Bonchev–Trinajstić information content (AvgIpc) is 2.60. The molecule has 24 heavy (non-hydrogen) atoms. The van der Waals surface area contributed by atoms with Crippen LogP contribution in [-0.2, 0) is 0 Å². The third-order valence-corrected chi connectivity index (χ3v) is 3.06. The van der Waals surface area contributed by atoms with Crippen LogP contribution < -0.4 is 20.1 Å². The molecule has 0 aliphatic heterocycles. The van der Waals surface area contributed by atoms with Gasteiger partial charge in [0.05, 0.1) is 20.8 Å². The van der Waals surface area contributed by atoms with Gasteiger partial charge in [0, 0.05) is 17.3 Å². The summed E-state index contributed by atoms with van der Waals surface area (Å²) in [5, 5.41) is 5.28. The number of hydrogen-bond acceptors (Lipinski definition) is 3. The number of hydrogen-bond donors (Lipinski definition) is 2. The van der Waals surface area contributed by atoms with E-state index in [9.17, 15) is 9.18 Å². The van der Waals surface area contributed by atoms with Crippen LogP contribution in [0.2, 0.25) is 0 Å². The molecular weight excluding hydrogens is 311 g/mol. The Balaban J connectivity index is 1.86. The van der Waals surface area contributed by atoms with Crippen LogP contribution in [0.25, 0.3) is 0 Å². The Bertz CT molecular complexity index is 764. The number of urea groups is 1. The second kappa shape index (κ2) is 8.44. The van der Waals surface area contributed by atoms with Crippen molar-refractivity contribution in [2.24, 2.45) is 0 Å². The molecule has 2 amide bonds. The maximum absolute atomic E-state index is 12.8. The van der Waals surface area contributed by atoms with Crippen molar-refractivity contribution in [2.45, 2.75) is 0 Å². The predicted molar refractivity (Wildman–Crippen MR) is 89.8 cm³/mol. The molecule has 0 saturated heterocycles. The topological polar surface area (TPSA) is 59.6 Å². The van der Waals surface area contributed by atoms with Gasteiger partial charge >= 0.3 is 6.03 Å². The first-order valence-corrected chi connectivity index (χ1v) is 7.13. The fraction of sp³-hybridized carbons (Fsp3) is 0.167. The van der Waals surface area contributed by atoms with Gasteiger partial charge in [-0.2, -0.15) is 0 Å². The lowest BCUT2D eigenvalue weighted by Crippen LogP contribution is -2.28. The molecule has 0 aliphatic rings. The summed E-state index contributed by atoms with van der Waals surface area (Å²) in [4.78, 5) is 11.8. The highest BCUT2D eigenvalue weighted by molar-refractivity contribution is 5.89. The van der Waals surface area contributed by atoms with E-state index < -0.39 is 6.03 Å². The zero-order valence-corrected chi connectivity index (χ0v) is 13.4. The van der Waals surface area contributed by atoms with Gasteiger partial charge < -0.3 is 20.1 Å². The number of rotatable bonds is 4. The molecular formula is C18H17FN2O3. The zero-order chi connectivity index (χ0) is 17.4. The monoisotopic (exact) mass is 328 g/mol. The number of carbonyl (C=O) groups excluding carboxylic acids is 1. The summed E-state index contributed by atoms with van der Waals surface area (Å²) in [5.74, 6) is 6.40. The van der Waals surface area contributed by atoms with Crippen molar-refractivity contribution in [1.82, 2.24) is 5.32 Å². The third-order valence-electron chi connectivity index (χ3n) is 3.06. The maximum atomic E-state index is 12.8. The Morgan fingerprint density at radius 3 is 2.46 bits per heavy atom. The van der Waals surface area contributed by atoms with Gasteiger partial charge in [-0.3, -0.25) is 0 Å². The summed E-state index contributed by atoms with van der Waals surface area (Å²) in [7, 11) is 3.06. The Kier molecular flexibility index (Phi) is 6.03. The normalized spacial score (nSPS) is 9.46. The van der Waals surface area contributed by atoms with Crippen molar-refractivity contribution >= 4 is 11.7 Å². The molecule has 2 N–H and O–H groups in total. The van der Waals surface area contributed by atoms with Gasteiger partial charge in [0.25, 0.3) is 0 Å². The SMILES string of the molecule is COc1ccc(NC(=O)NCC#Cc2ccc(F)cc2)cc1OC. The lowest BCUT2D eigenvalue weighted by molar-refractivity contribution is 0.253. The number of halogens is 1. The van der Waals surface area contributed by atoms with E-state index in [1.165, 1.54) is 26.4 Å². The average molecular weight is 328 g/mol. The Morgan fingerprint density at radius 1 is 1.08 bits per heavy atom. The van der Waals surface area contributed by atoms with E-state index in [0.717, 1.165) is 0 Å². The van der Waals surface area contributed by atoms with E-state index in [1.54, 1.807) is 30.3 Å². The smallest absolute Gasteiger partial charge is 0.319 e. The molecule has 0 saturated carbocycles. The van der Waals surface area contributed by atoms with Crippen LogP contribution in [0, 0.1) is 17.7 Å². The van der Waals surface area contributed by atoms with E-state index in [1.807, 2.05) is 0 Å². The first kappa shape index (κ1) is 17.2. The first-order valence-electron chi connectivity index (χ1n) is 7.13. The number of carbonyl (C=O) groups is 1. The number of benzene rings is 2. The van der Waals surface area contributed by atoms with Crippen LogP contribution in [0.5, 0.6) is 11.5 Å². The fourth-order valence-electron chi connectivity index (χ4n) is 1.89. The molecule has 0 atom stereocenters. The molecule has 5 nitrogen and oxygen atoms in total. The number of anilines is 1. The van der Waals surface area contributed by atoms with Gasteiger partial charge in [0.2, 0.25) is 0 Å². The molecule has 0 fully saturated rings. The summed E-state index contributed by atoms with van der Waals surface area (Å²) in [6, 6.07) is 10.5. The minimum absolute atomic E-state index is 0.163. The summed E-state index contributed by atoms with van der Waals surface area (Å²) >= 11 is 0. The molecule has 0 aromatic heterocycles. The quantitative estimate of drug-likeness (QED) is 0.848. The highest BCUT2D eigenvalue weighted by atomic mass is 19.1. The number of nitrogens with one attached hydrogen (secondary N) is 2. The van der Waals surface area contributed by atoms with Crippen LogP contribution in [0.1, 0.15) is 5.56 Å². The number of amides is 2. The van der Waals surface area contributed by atoms with Crippen molar-refractivity contribution in [1.29, 1.82) is 0 Å². The third kappa shape index (κ3) is 4.92. The molecule has 0 aliphatic carbocycles. The van der Waals surface area contributed by atoms with Gasteiger partial charge in [-0.25, -0.2) is 9.18 Å². The molecule has 0 bridgehead atoms. The van der Waals surface area contributed by atoms with E-state index in [0.29, 0.717) is 22.7 Å². The van der Waals surface area contributed by atoms with Crippen molar-refractivity contribution < 1.29 is 18.7 Å². The molecule has 6 heteroatoms. The van der Waals surface area contributed by atoms with Crippen molar-refractivity contribution in [3.05, 3.63) is 53.8 Å². The minimum Gasteiger partial charge on any atom is -0.493 e. The Labute approximate surface area is 139 Å². The fourth-order valence-corrected chi connectivity index (χ4v) is 1.89. The largest absolute Gasteiger partial charge is 0.493 e. The minimum atomic E-state index is -0.393. The second-order valence-electron chi connectivity index (χ2n) is 4.69. The Hall–Kier alpha value is -3.20. The van der Waals surface area contributed by atoms with Crippen molar-refractivity contribution in [3.8, 4) is 23.3 Å². The molecule has 2 rings (SSSR count). The molecule has 0 heterocycles. The maximum Gasteiger partial charge on any atom is 0.319 e. The highest BCUT2D eigenvalue weighted by Gasteiger charge is 2.06.